The van der Waals surface area contributed by atoms with Gasteiger partial charge < -0.3 is 14.7 Å². The number of nitrogens with zero attached hydrogens (tertiary/aromatic N) is 1. The van der Waals surface area contributed by atoms with Crippen LogP contribution < -0.4 is 4.90 Å². The van der Waals surface area contributed by atoms with Crippen LogP contribution in [0.15, 0.2) is 24.3 Å². The largest absolute Gasteiger partial charge is 0.469 e. The first-order chi connectivity index (χ1) is 8.56. The average Bonchev–Trinajstić information content (AvgIpc) is 2.38. The van der Waals surface area contributed by atoms with E-state index in [4.69, 9.17) is 0 Å². The Hall–Kier alpha value is -1.55. The zero-order chi connectivity index (χ0) is 13.5. The second-order valence-corrected chi connectivity index (χ2v) is 4.33. The monoisotopic (exact) mass is 251 g/mol. The molecule has 0 spiro atoms. The van der Waals surface area contributed by atoms with Crippen LogP contribution in [0.2, 0.25) is 0 Å². The van der Waals surface area contributed by atoms with Gasteiger partial charge in [0, 0.05) is 19.3 Å². The number of ether oxygens (including phenoxy) is 1. The first-order valence-corrected chi connectivity index (χ1v) is 6.11. The highest BCUT2D eigenvalue weighted by Gasteiger charge is 2.13. The lowest BCUT2D eigenvalue weighted by molar-refractivity contribution is -0.142. The Morgan fingerprint density at radius 1 is 1.39 bits per heavy atom. The van der Waals surface area contributed by atoms with Crippen LogP contribution >= 0.6 is 0 Å². The number of carbonyl (C=O) groups is 1. The molecule has 0 aromatic heterocycles. The lowest BCUT2D eigenvalue weighted by atomic mass is 10.1. The number of methoxy groups -OCH3 is 1. The number of aryl methyl sites for hydroxylation is 1. The molecule has 0 fully saturated rings. The minimum Gasteiger partial charge on any atom is -0.469 e. The maximum absolute atomic E-state index is 11.0. The van der Waals surface area contributed by atoms with Gasteiger partial charge in [0.05, 0.1) is 19.6 Å². The van der Waals surface area contributed by atoms with Crippen molar-refractivity contribution in [3.8, 4) is 0 Å². The maximum Gasteiger partial charge on any atom is 0.308 e. The van der Waals surface area contributed by atoms with Gasteiger partial charge in [0.2, 0.25) is 0 Å². The van der Waals surface area contributed by atoms with Gasteiger partial charge in [0.15, 0.2) is 0 Å². The summed E-state index contributed by atoms with van der Waals surface area (Å²) in [4.78, 5) is 12.9. The number of aliphatic hydroxyl groups is 1. The molecule has 0 aliphatic carbocycles. The second-order valence-electron chi connectivity index (χ2n) is 4.33. The number of aliphatic hydroxyl groups excluding tert-OH is 1. The maximum atomic E-state index is 11.0. The highest BCUT2D eigenvalue weighted by molar-refractivity contribution is 5.69. The third-order valence-electron chi connectivity index (χ3n) is 2.90. The number of rotatable bonds is 6. The molecule has 0 aliphatic rings. The van der Waals surface area contributed by atoms with Crippen molar-refractivity contribution in [3.05, 3.63) is 29.8 Å². The van der Waals surface area contributed by atoms with Gasteiger partial charge in [-0.15, -0.1) is 0 Å². The smallest absolute Gasteiger partial charge is 0.308 e. The van der Waals surface area contributed by atoms with Crippen LogP contribution in [0.1, 0.15) is 18.9 Å². The molecule has 0 heterocycles. The van der Waals surface area contributed by atoms with Gasteiger partial charge in [-0.05, 0) is 24.1 Å². The predicted octanol–water partition coefficient (Wildman–Crippen LogP) is 1.61. The highest BCUT2D eigenvalue weighted by Crippen LogP contribution is 2.14. The van der Waals surface area contributed by atoms with Gasteiger partial charge in [-0.25, -0.2) is 0 Å². The van der Waals surface area contributed by atoms with Crippen LogP contribution in [0.4, 0.5) is 5.69 Å². The van der Waals surface area contributed by atoms with Crippen molar-refractivity contribution in [3.63, 3.8) is 0 Å². The van der Waals surface area contributed by atoms with Crippen LogP contribution in [-0.4, -0.2) is 37.9 Å². The molecule has 1 aromatic carbocycles. The molecule has 1 N–H and O–H groups in total. The summed E-state index contributed by atoms with van der Waals surface area (Å²) in [6.45, 7) is 2.51. The van der Waals surface area contributed by atoms with E-state index < -0.39 is 12.1 Å². The van der Waals surface area contributed by atoms with Crippen LogP contribution in [-0.2, 0) is 16.0 Å². The lowest BCUT2D eigenvalue weighted by Gasteiger charge is -2.22. The molecular formula is C14H21NO3. The number of hydrogen-bond acceptors (Lipinski definition) is 4. The summed E-state index contributed by atoms with van der Waals surface area (Å²) in [5.41, 5.74) is 2.30. The number of carbonyl (C=O) groups excluding carboxylic acids is 1. The fraction of sp³-hybridized carbons (Fsp3) is 0.500. The molecule has 0 saturated heterocycles. The minimum atomic E-state index is -0.715. The summed E-state index contributed by atoms with van der Waals surface area (Å²) < 4.78 is 4.52. The Bertz CT molecular complexity index is 375. The quantitative estimate of drug-likeness (QED) is 0.780. The molecule has 100 valence electrons. The fourth-order valence-corrected chi connectivity index (χ4v) is 1.75. The van der Waals surface area contributed by atoms with Crippen LogP contribution in [0, 0.1) is 0 Å². The lowest BCUT2D eigenvalue weighted by Crippen LogP contribution is -2.30. The van der Waals surface area contributed by atoms with Crippen LogP contribution in [0.25, 0.3) is 0 Å². The summed E-state index contributed by atoms with van der Waals surface area (Å²) in [7, 11) is 3.21. The summed E-state index contributed by atoms with van der Waals surface area (Å²) >= 11 is 0. The Morgan fingerprint density at radius 2 is 2.00 bits per heavy atom. The molecule has 0 aliphatic heterocycles. The molecule has 18 heavy (non-hydrogen) atoms. The molecule has 4 nitrogen and oxygen atoms in total. The zero-order valence-corrected chi connectivity index (χ0v) is 11.2. The van der Waals surface area contributed by atoms with Crippen LogP contribution in [0.3, 0.4) is 0 Å². The summed E-state index contributed by atoms with van der Waals surface area (Å²) in [6, 6.07) is 8.17. The second kappa shape index (κ2) is 7.01. The minimum absolute atomic E-state index is 0.0217. The molecule has 0 bridgehead atoms. The van der Waals surface area contributed by atoms with E-state index in [-0.39, 0.29) is 6.42 Å². The number of esters is 1. The van der Waals surface area contributed by atoms with Gasteiger partial charge in [-0.3, -0.25) is 4.79 Å². The molecule has 0 radical (unpaired) electrons. The van der Waals surface area contributed by atoms with Gasteiger partial charge in [-0.2, -0.15) is 0 Å². The van der Waals surface area contributed by atoms with Crippen molar-refractivity contribution in [1.82, 2.24) is 0 Å². The van der Waals surface area contributed by atoms with E-state index in [1.165, 1.54) is 12.7 Å². The number of likely N-dealkylation sites (N-methyl/N-ethyl adjacent to an activating group) is 1. The molecule has 1 unspecified atom stereocenters. The first kappa shape index (κ1) is 14.5. The standard InChI is InChI=1S/C14H21NO3/c1-4-11-5-7-12(8-6-11)15(2)10-13(16)9-14(17)18-3/h5-8,13,16H,4,9-10H2,1-3H3. The van der Waals surface area contributed by atoms with Crippen molar-refractivity contribution in [2.24, 2.45) is 0 Å². The number of anilines is 1. The van der Waals surface area contributed by atoms with E-state index in [1.807, 2.05) is 24.1 Å². The van der Waals surface area contributed by atoms with Crippen molar-refractivity contribution >= 4 is 11.7 Å². The molecule has 1 aromatic rings. The fourth-order valence-electron chi connectivity index (χ4n) is 1.75. The molecule has 1 rings (SSSR count). The number of hydrogen-bond donors (Lipinski definition) is 1. The molecule has 0 amide bonds. The Morgan fingerprint density at radius 3 is 2.50 bits per heavy atom. The third-order valence-corrected chi connectivity index (χ3v) is 2.90. The van der Waals surface area contributed by atoms with Crippen molar-refractivity contribution < 1.29 is 14.6 Å². The predicted molar refractivity (Wildman–Crippen MR) is 71.7 cm³/mol. The normalized spacial score (nSPS) is 12.0. The number of benzene rings is 1. The molecule has 0 saturated carbocycles. The molecular weight excluding hydrogens is 230 g/mol. The first-order valence-electron chi connectivity index (χ1n) is 6.11. The van der Waals surface area contributed by atoms with Gasteiger partial charge in [0.25, 0.3) is 0 Å². The van der Waals surface area contributed by atoms with Crippen LogP contribution in [0.5, 0.6) is 0 Å². The van der Waals surface area contributed by atoms with E-state index >= 15 is 0 Å². The van der Waals surface area contributed by atoms with Crippen molar-refractivity contribution in [1.29, 1.82) is 0 Å². The molecule has 4 heteroatoms. The average molecular weight is 251 g/mol. The Balaban J connectivity index is 2.53. The van der Waals surface area contributed by atoms with E-state index in [1.54, 1.807) is 0 Å². The summed E-state index contributed by atoms with van der Waals surface area (Å²) in [5.74, 6) is -0.391. The van der Waals surface area contributed by atoms with Crippen molar-refractivity contribution in [2.45, 2.75) is 25.9 Å². The van der Waals surface area contributed by atoms with E-state index in [0.717, 1.165) is 12.1 Å². The zero-order valence-electron chi connectivity index (χ0n) is 11.2. The third kappa shape index (κ3) is 4.37. The summed E-state index contributed by atoms with van der Waals surface area (Å²) in [5, 5.41) is 9.74. The highest BCUT2D eigenvalue weighted by atomic mass is 16.5. The topological polar surface area (TPSA) is 49.8 Å². The Labute approximate surface area is 108 Å². The van der Waals surface area contributed by atoms with E-state index in [0.29, 0.717) is 6.54 Å². The van der Waals surface area contributed by atoms with Gasteiger partial charge in [0.1, 0.15) is 0 Å². The van der Waals surface area contributed by atoms with Gasteiger partial charge >= 0.3 is 5.97 Å². The van der Waals surface area contributed by atoms with E-state index in [9.17, 15) is 9.90 Å². The SMILES string of the molecule is CCc1ccc(N(C)CC(O)CC(=O)OC)cc1. The molecule has 1 atom stereocenters. The Kier molecular flexibility index (Phi) is 5.65. The van der Waals surface area contributed by atoms with Crippen molar-refractivity contribution in [2.75, 3.05) is 25.6 Å². The van der Waals surface area contributed by atoms with E-state index in [2.05, 4.69) is 23.8 Å². The van der Waals surface area contributed by atoms with Gasteiger partial charge in [-0.1, -0.05) is 19.1 Å². The summed E-state index contributed by atoms with van der Waals surface area (Å²) in [6.07, 6.45) is 0.316.